The van der Waals surface area contributed by atoms with Gasteiger partial charge in [-0.2, -0.15) is 0 Å². The second kappa shape index (κ2) is 30.9. The third kappa shape index (κ3) is 15.4. The summed E-state index contributed by atoms with van der Waals surface area (Å²) in [6.07, 6.45) is 6.08. The molecule has 8 N–H and O–H groups in total. The number of amides is 4. The molecule has 546 valence electrons. The molecule has 7 aromatic rings. The first-order chi connectivity index (χ1) is 49.1. The summed E-state index contributed by atoms with van der Waals surface area (Å²) in [6.45, 7) is 6.04. The molecule has 2 saturated heterocycles. The number of carbonyl (C=O) groups is 8. The number of nitrogens with one attached hydrogen (secondary N) is 4. The summed E-state index contributed by atoms with van der Waals surface area (Å²) in [6, 6.07) is 30.0. The molecule has 4 atom stereocenters. The number of methoxy groups -OCH3 is 1. The van der Waals surface area contributed by atoms with Crippen molar-refractivity contribution >= 4 is 184 Å². The number of nitrogens with zero attached hydrogens (tertiary/aromatic N) is 2. The van der Waals surface area contributed by atoms with Gasteiger partial charge in [0.1, 0.15) is 5.78 Å². The number of hydrogen-bond acceptors (Lipinski definition) is 17. The van der Waals surface area contributed by atoms with Gasteiger partial charge in [0, 0.05) is 122 Å². The molecule has 4 amide bonds. The number of ketones is 4. The van der Waals surface area contributed by atoms with E-state index in [0.29, 0.717) is 24.0 Å². The van der Waals surface area contributed by atoms with E-state index in [2.05, 4.69) is 31.1 Å². The van der Waals surface area contributed by atoms with Crippen LogP contribution in [0.3, 0.4) is 0 Å². The van der Waals surface area contributed by atoms with Crippen LogP contribution in [0.4, 0.5) is 34.1 Å². The Balaban J connectivity index is 0.000000139. The Morgan fingerprint density at radius 1 is 0.452 bits per heavy atom. The largest absolute Gasteiger partial charge is 0.381 e. The van der Waals surface area contributed by atoms with Gasteiger partial charge < -0.3 is 56.2 Å². The van der Waals surface area contributed by atoms with Gasteiger partial charge in [-0.1, -0.05) is 105 Å². The van der Waals surface area contributed by atoms with Crippen molar-refractivity contribution < 1.29 is 71.9 Å². The number of benzene rings is 7. The molecule has 4 unspecified atom stereocenters. The predicted octanol–water partition coefficient (Wildman–Crippen LogP) is 14.0. The number of aliphatic hydroxyl groups is 4. The van der Waals surface area contributed by atoms with E-state index in [1.54, 1.807) is 31.4 Å². The van der Waals surface area contributed by atoms with Crippen LogP contribution < -0.4 is 31.1 Å². The highest BCUT2D eigenvalue weighted by Gasteiger charge is 2.53. The van der Waals surface area contributed by atoms with Crippen molar-refractivity contribution in [2.75, 3.05) is 70.6 Å². The standard InChI is InChI=1S/C21H20Cl2N2O3.C19H16Cl2N2O3.C17H13Cl2NO5S.C17H19Cl2NO4/c1-12-10-13(4-7-16(12)25-8-2-3-9-25)17(26)11-21(28)18-14(22)5-6-15(23)19(18)24-20(21)27;20-13-6-7-14(21)17-16(13)19(26,18(25)22-17)10-15(24)11-2-4-12(5-3-11)23-8-1-9-23;1-26(24,25)10-4-2-9(3-5-10)13(21)8-17(23)14-11(18)6-7-12(19)15(14)20-16(17)22;1-24-10-4-2-9(3-5-10)13(21)8-17(23)14-11(18)6-7-12(19)15(14)20-16(17)22/h4-7,10,28H,2-3,8-9,11H2,1H3,(H,24,27);2-7,26H,1,8-10H2,(H,22,25);2-7,23H,8H2,1H3,(H,20,22);6-7,9-10,23H,2-5,8H2,1H3,(H,20,22). The smallest absolute Gasteiger partial charge is 0.261 e. The first-order valence-corrected chi connectivity index (χ1v) is 37.8. The van der Waals surface area contributed by atoms with Crippen molar-refractivity contribution in [3.63, 3.8) is 0 Å². The fourth-order valence-electron chi connectivity index (χ4n) is 13.8. The summed E-state index contributed by atoms with van der Waals surface area (Å²) in [5, 5.41) is 55.6. The molecular formula is C74H68Cl8N6O15S. The van der Waals surface area contributed by atoms with Gasteiger partial charge in [0.2, 0.25) is 0 Å². The zero-order valence-electron chi connectivity index (χ0n) is 55.8. The lowest BCUT2D eigenvalue weighted by atomic mass is 9.79. The van der Waals surface area contributed by atoms with Gasteiger partial charge in [0.05, 0.1) is 73.1 Å². The van der Waals surface area contributed by atoms with Crippen LogP contribution in [0.5, 0.6) is 0 Å². The van der Waals surface area contributed by atoms with E-state index in [4.69, 9.17) is 97.5 Å². The molecule has 7 aromatic carbocycles. The SMILES string of the molecule is COC1CCC(C(=O)CC2(O)C(=O)Nc3c(Cl)ccc(Cl)c32)CC1.CS(=O)(=O)c1ccc(C(=O)CC2(O)C(=O)Nc3c(Cl)ccc(Cl)c32)cc1.Cc1cc(C(=O)CC2(O)C(=O)Nc3c(Cl)ccc(Cl)c32)ccc1N1CCCC1.O=C(CC1(O)C(=O)Nc2c(Cl)ccc(Cl)c21)c1ccc(N2CCC2)cc1. The van der Waals surface area contributed by atoms with E-state index in [1.807, 2.05) is 31.2 Å². The lowest BCUT2D eigenvalue weighted by Crippen LogP contribution is -2.39. The topological polar surface area (TPSA) is 315 Å². The molecule has 0 bridgehead atoms. The summed E-state index contributed by atoms with van der Waals surface area (Å²) in [5.74, 6) is -4.40. The molecule has 14 rings (SSSR count). The van der Waals surface area contributed by atoms with E-state index in [0.717, 1.165) is 62.2 Å². The molecule has 1 aliphatic carbocycles. The Morgan fingerprint density at radius 2 is 0.779 bits per heavy atom. The maximum Gasteiger partial charge on any atom is 0.261 e. The zero-order chi connectivity index (χ0) is 75.3. The maximum atomic E-state index is 12.9. The van der Waals surface area contributed by atoms with Gasteiger partial charge >= 0.3 is 0 Å². The number of hydrogen-bond donors (Lipinski definition) is 8. The van der Waals surface area contributed by atoms with Crippen molar-refractivity contribution in [3.05, 3.63) is 200 Å². The maximum absolute atomic E-state index is 12.9. The van der Waals surface area contributed by atoms with Crippen molar-refractivity contribution in [2.24, 2.45) is 5.92 Å². The van der Waals surface area contributed by atoms with Crippen LogP contribution in [-0.2, 0) is 61.0 Å². The van der Waals surface area contributed by atoms with Crippen LogP contribution in [0, 0.1) is 12.8 Å². The van der Waals surface area contributed by atoms with Crippen molar-refractivity contribution in [3.8, 4) is 0 Å². The van der Waals surface area contributed by atoms with Gasteiger partial charge in [-0.15, -0.1) is 0 Å². The molecule has 104 heavy (non-hydrogen) atoms. The van der Waals surface area contributed by atoms with Crippen molar-refractivity contribution in [1.82, 2.24) is 0 Å². The Labute approximate surface area is 638 Å². The highest BCUT2D eigenvalue weighted by atomic mass is 35.5. The highest BCUT2D eigenvalue weighted by molar-refractivity contribution is 7.90. The fourth-order valence-corrected chi connectivity index (χ4v) is 16.5. The normalized spacial score (nSPS) is 22.5. The number of rotatable bonds is 16. The third-order valence-electron chi connectivity index (χ3n) is 19.6. The number of ether oxygens (including phenoxy) is 1. The van der Waals surface area contributed by atoms with Crippen LogP contribution in [0.1, 0.15) is 130 Å². The molecule has 0 spiro atoms. The summed E-state index contributed by atoms with van der Waals surface area (Å²) >= 11 is 48.9. The number of anilines is 6. The van der Waals surface area contributed by atoms with Gasteiger partial charge in [-0.05, 0) is 161 Å². The zero-order valence-corrected chi connectivity index (χ0v) is 62.7. The number of halogens is 8. The molecule has 30 heteroatoms. The van der Waals surface area contributed by atoms with Crippen LogP contribution in [0.25, 0.3) is 0 Å². The van der Waals surface area contributed by atoms with Crippen LogP contribution in [0.2, 0.25) is 40.2 Å². The molecule has 0 aromatic heterocycles. The molecule has 7 aliphatic rings. The lowest BCUT2D eigenvalue weighted by Gasteiger charge is -2.33. The first kappa shape index (κ1) is 77.9. The highest BCUT2D eigenvalue weighted by Crippen LogP contribution is 2.51. The molecule has 21 nitrogen and oxygen atoms in total. The molecule has 0 radical (unpaired) electrons. The van der Waals surface area contributed by atoms with E-state index in [-0.39, 0.29) is 131 Å². The second-order valence-corrected chi connectivity index (χ2v) is 31.7. The van der Waals surface area contributed by atoms with Crippen molar-refractivity contribution in [1.29, 1.82) is 0 Å². The third-order valence-corrected chi connectivity index (χ3v) is 23.3. The Bertz CT molecular complexity index is 4800. The summed E-state index contributed by atoms with van der Waals surface area (Å²) in [7, 11) is -1.73. The van der Waals surface area contributed by atoms with Gasteiger partial charge in [0.15, 0.2) is 49.6 Å². The number of sulfone groups is 1. The number of carbonyl (C=O) groups excluding carboxylic acids is 8. The molecular weight excluding hydrogens is 1530 g/mol. The molecule has 3 fully saturated rings. The average molecular weight is 1600 g/mol. The quantitative estimate of drug-likeness (QED) is 0.0417. The minimum atomic E-state index is -3.40. The first-order valence-electron chi connectivity index (χ1n) is 32.9. The number of fused-ring (bicyclic) bond motifs is 4. The van der Waals surface area contributed by atoms with Crippen molar-refractivity contribution in [2.45, 2.75) is 111 Å². The van der Waals surface area contributed by atoms with Gasteiger partial charge in [-0.25, -0.2) is 8.42 Å². The Hall–Kier alpha value is -7.23. The molecule has 6 heterocycles. The Morgan fingerprint density at radius 3 is 1.12 bits per heavy atom. The monoisotopic (exact) mass is 1590 g/mol. The van der Waals surface area contributed by atoms with E-state index < -0.39 is 80.9 Å². The van der Waals surface area contributed by atoms with Crippen LogP contribution >= 0.6 is 92.8 Å². The van der Waals surface area contributed by atoms with Crippen LogP contribution in [0.15, 0.2) is 120 Å². The van der Waals surface area contributed by atoms with E-state index >= 15 is 0 Å². The van der Waals surface area contributed by atoms with E-state index in [1.165, 1.54) is 86.0 Å². The fraction of sp³-hybridized carbons (Fsp3) is 0.324. The average Bonchev–Trinajstić information content (AvgIpc) is 1.61. The van der Waals surface area contributed by atoms with Crippen LogP contribution in [-0.4, -0.2) is 121 Å². The Kier molecular flexibility index (Phi) is 23.2. The minimum Gasteiger partial charge on any atom is -0.381 e. The second-order valence-electron chi connectivity index (χ2n) is 26.4. The van der Waals surface area contributed by atoms with Gasteiger partial charge in [0.25, 0.3) is 23.6 Å². The summed E-state index contributed by atoms with van der Waals surface area (Å²) in [4.78, 5) is 105. The predicted molar refractivity (Wildman–Crippen MR) is 401 cm³/mol. The molecule has 1 saturated carbocycles. The number of Topliss-reactive ketones (excluding diaryl/α,β-unsaturated/α-hetero) is 4. The lowest BCUT2D eigenvalue weighted by molar-refractivity contribution is -0.142. The van der Waals surface area contributed by atoms with Gasteiger partial charge in [-0.3, -0.25) is 38.4 Å². The number of aryl methyl sites for hydroxylation is 1. The minimum absolute atomic E-state index is 0.0535. The van der Waals surface area contributed by atoms with E-state index in [9.17, 15) is 67.2 Å². The summed E-state index contributed by atoms with van der Waals surface area (Å²) in [5.41, 5.74) is -2.46. The summed E-state index contributed by atoms with van der Waals surface area (Å²) < 4.78 is 28.3. The molecule has 6 aliphatic heterocycles.